The van der Waals surface area contributed by atoms with Crippen molar-refractivity contribution in [2.45, 2.75) is 82.4 Å². The standard InChI is InChI=1S/C30H36N4O5S/c1-5-16-40(37,38)27-14-13-23(18-24(27)19-31)22-11-9-21(10-12-22)17-25(20-32)33-28(35)26-8-6-7-15-34(26)29(36)39-30(2,3)4/h9-14,18,25-26H,5-8,15-17H2,1-4H3,(H,33,35)/t25-,26-/m0/s1. The third-order valence-corrected chi connectivity index (χ3v) is 8.51. The number of carbonyl (C=O) groups excluding carboxylic acids is 2. The minimum Gasteiger partial charge on any atom is -0.444 e. The van der Waals surface area contributed by atoms with Gasteiger partial charge in [-0.05, 0) is 75.3 Å². The van der Waals surface area contributed by atoms with E-state index in [0.717, 1.165) is 24.0 Å². The van der Waals surface area contributed by atoms with Gasteiger partial charge in [0.2, 0.25) is 5.91 Å². The van der Waals surface area contributed by atoms with Crippen LogP contribution in [0.2, 0.25) is 0 Å². The Morgan fingerprint density at radius 3 is 2.38 bits per heavy atom. The fourth-order valence-corrected chi connectivity index (χ4v) is 6.13. The van der Waals surface area contributed by atoms with Crippen molar-refractivity contribution in [2.75, 3.05) is 12.3 Å². The van der Waals surface area contributed by atoms with E-state index >= 15 is 0 Å². The van der Waals surface area contributed by atoms with Crippen LogP contribution in [0.4, 0.5) is 4.79 Å². The van der Waals surface area contributed by atoms with Gasteiger partial charge in [-0.3, -0.25) is 9.69 Å². The predicted octanol–water partition coefficient (Wildman–Crippen LogP) is 4.75. The smallest absolute Gasteiger partial charge is 0.410 e. The molecule has 0 spiro atoms. The van der Waals surface area contributed by atoms with Crippen molar-refractivity contribution < 1.29 is 22.7 Å². The molecular weight excluding hydrogens is 528 g/mol. The minimum absolute atomic E-state index is 0.0217. The quantitative estimate of drug-likeness (QED) is 0.488. The molecule has 1 N–H and O–H groups in total. The molecule has 0 aromatic heterocycles. The number of sulfone groups is 1. The number of hydrogen-bond donors (Lipinski definition) is 1. The Labute approximate surface area is 236 Å². The second-order valence-corrected chi connectivity index (χ2v) is 13.0. The second-order valence-electron chi connectivity index (χ2n) is 10.9. The van der Waals surface area contributed by atoms with E-state index in [0.29, 0.717) is 24.9 Å². The van der Waals surface area contributed by atoms with Crippen molar-refractivity contribution in [3.05, 3.63) is 53.6 Å². The molecule has 0 saturated carbocycles. The number of ether oxygens (including phenoxy) is 1. The number of hydrogen-bond acceptors (Lipinski definition) is 7. The highest BCUT2D eigenvalue weighted by atomic mass is 32.2. The summed E-state index contributed by atoms with van der Waals surface area (Å²) in [6.07, 6.45) is 2.27. The fraction of sp³-hybridized carbons (Fsp3) is 0.467. The van der Waals surface area contributed by atoms with Crippen molar-refractivity contribution in [1.29, 1.82) is 10.5 Å². The third-order valence-electron chi connectivity index (χ3n) is 6.54. The summed E-state index contributed by atoms with van der Waals surface area (Å²) in [5.74, 6) is -0.401. The van der Waals surface area contributed by atoms with Gasteiger partial charge in [-0.1, -0.05) is 37.3 Å². The van der Waals surface area contributed by atoms with Crippen molar-refractivity contribution in [1.82, 2.24) is 10.2 Å². The van der Waals surface area contributed by atoms with E-state index in [4.69, 9.17) is 4.74 Å². The number of rotatable bonds is 8. The summed E-state index contributed by atoms with van der Waals surface area (Å²) in [5.41, 5.74) is 1.72. The highest BCUT2D eigenvalue weighted by molar-refractivity contribution is 7.91. The average Bonchev–Trinajstić information content (AvgIpc) is 2.91. The van der Waals surface area contributed by atoms with Crippen LogP contribution in [0.3, 0.4) is 0 Å². The first kappa shape index (κ1) is 30.6. The van der Waals surface area contributed by atoms with Crippen LogP contribution >= 0.6 is 0 Å². The van der Waals surface area contributed by atoms with Crippen LogP contribution in [0, 0.1) is 22.7 Å². The number of nitrogens with zero attached hydrogens (tertiary/aromatic N) is 3. The molecule has 10 heteroatoms. The van der Waals surface area contributed by atoms with Gasteiger partial charge in [0, 0.05) is 13.0 Å². The molecule has 2 aromatic rings. The number of likely N-dealkylation sites (tertiary alicyclic amines) is 1. The minimum atomic E-state index is -3.53. The third kappa shape index (κ3) is 7.83. The topological polar surface area (TPSA) is 140 Å². The largest absolute Gasteiger partial charge is 0.444 e. The maximum absolute atomic E-state index is 13.1. The Balaban J connectivity index is 1.70. The van der Waals surface area contributed by atoms with Gasteiger partial charge in [0.15, 0.2) is 9.84 Å². The van der Waals surface area contributed by atoms with E-state index in [1.165, 1.54) is 11.0 Å². The summed E-state index contributed by atoms with van der Waals surface area (Å²) in [7, 11) is -3.53. The molecule has 2 aromatic carbocycles. The zero-order valence-electron chi connectivity index (χ0n) is 23.4. The van der Waals surface area contributed by atoms with Gasteiger partial charge in [-0.15, -0.1) is 0 Å². The zero-order chi connectivity index (χ0) is 29.5. The van der Waals surface area contributed by atoms with Gasteiger partial charge in [0.1, 0.15) is 23.8 Å². The molecule has 9 nitrogen and oxygen atoms in total. The number of benzene rings is 2. The maximum atomic E-state index is 13.1. The van der Waals surface area contributed by atoms with E-state index in [1.54, 1.807) is 39.8 Å². The number of nitriles is 2. The highest BCUT2D eigenvalue weighted by Crippen LogP contribution is 2.26. The molecule has 1 heterocycles. The molecule has 2 amide bonds. The molecule has 1 aliphatic heterocycles. The van der Waals surface area contributed by atoms with Gasteiger partial charge in [0.05, 0.1) is 22.3 Å². The highest BCUT2D eigenvalue weighted by Gasteiger charge is 2.35. The molecule has 0 radical (unpaired) electrons. The summed E-state index contributed by atoms with van der Waals surface area (Å²) >= 11 is 0. The fourth-order valence-electron chi connectivity index (χ4n) is 4.66. The number of amides is 2. The van der Waals surface area contributed by atoms with Crippen LogP contribution < -0.4 is 5.32 Å². The summed E-state index contributed by atoms with van der Waals surface area (Å²) in [6.45, 7) is 7.52. The van der Waals surface area contributed by atoms with Gasteiger partial charge in [0.25, 0.3) is 0 Å². The molecule has 1 aliphatic rings. The van der Waals surface area contributed by atoms with Crippen molar-refractivity contribution in [3.8, 4) is 23.3 Å². The predicted molar refractivity (Wildman–Crippen MR) is 151 cm³/mol. The van der Waals surface area contributed by atoms with Crippen LogP contribution in [0.5, 0.6) is 0 Å². The Kier molecular flexibility index (Phi) is 9.94. The monoisotopic (exact) mass is 564 g/mol. The molecule has 40 heavy (non-hydrogen) atoms. The lowest BCUT2D eigenvalue weighted by Gasteiger charge is -2.36. The Bertz CT molecular complexity index is 1420. The lowest BCUT2D eigenvalue weighted by atomic mass is 9.99. The normalized spacial score (nSPS) is 16.4. The van der Waals surface area contributed by atoms with E-state index in [1.807, 2.05) is 30.3 Å². The maximum Gasteiger partial charge on any atom is 0.410 e. The van der Waals surface area contributed by atoms with E-state index < -0.39 is 33.6 Å². The molecular formula is C30H36N4O5S. The summed E-state index contributed by atoms with van der Waals surface area (Å²) in [6, 6.07) is 14.7. The molecule has 0 aliphatic carbocycles. The van der Waals surface area contributed by atoms with Crippen molar-refractivity contribution in [3.63, 3.8) is 0 Å². The van der Waals surface area contributed by atoms with Gasteiger partial charge >= 0.3 is 6.09 Å². The van der Waals surface area contributed by atoms with Crippen LogP contribution in [0.1, 0.15) is 64.5 Å². The number of piperidine rings is 1. The van der Waals surface area contributed by atoms with E-state index in [2.05, 4.69) is 11.4 Å². The zero-order valence-corrected chi connectivity index (χ0v) is 24.3. The Hall–Kier alpha value is -3.89. The summed E-state index contributed by atoms with van der Waals surface area (Å²) in [5, 5.41) is 22.1. The second kappa shape index (κ2) is 13.0. The molecule has 3 rings (SSSR count). The first-order valence-electron chi connectivity index (χ1n) is 13.4. The van der Waals surface area contributed by atoms with Gasteiger partial charge in [-0.25, -0.2) is 13.2 Å². The van der Waals surface area contributed by atoms with Crippen molar-refractivity contribution in [2.24, 2.45) is 0 Å². The van der Waals surface area contributed by atoms with Crippen molar-refractivity contribution >= 4 is 21.8 Å². The Morgan fingerprint density at radius 2 is 1.77 bits per heavy atom. The van der Waals surface area contributed by atoms with Crippen LogP contribution in [-0.4, -0.2) is 55.3 Å². The Morgan fingerprint density at radius 1 is 1.10 bits per heavy atom. The molecule has 212 valence electrons. The number of carbonyl (C=O) groups is 2. The first-order valence-corrected chi connectivity index (χ1v) is 15.1. The van der Waals surface area contributed by atoms with Crippen LogP contribution in [0.15, 0.2) is 47.4 Å². The van der Waals surface area contributed by atoms with E-state index in [9.17, 15) is 28.5 Å². The summed E-state index contributed by atoms with van der Waals surface area (Å²) < 4.78 is 30.4. The molecule has 1 fully saturated rings. The molecule has 0 bridgehead atoms. The first-order chi connectivity index (χ1) is 18.9. The van der Waals surface area contributed by atoms with Gasteiger partial charge in [-0.2, -0.15) is 10.5 Å². The van der Waals surface area contributed by atoms with Gasteiger partial charge < -0.3 is 10.1 Å². The SMILES string of the molecule is CCCS(=O)(=O)c1ccc(-c2ccc(C[C@@H](C#N)NC(=O)[C@@H]3CCCCN3C(=O)OC(C)(C)C)cc2)cc1C#N. The molecule has 1 saturated heterocycles. The molecule has 2 atom stereocenters. The molecule has 0 unspecified atom stereocenters. The van der Waals surface area contributed by atoms with Crippen LogP contribution in [0.25, 0.3) is 11.1 Å². The summed E-state index contributed by atoms with van der Waals surface area (Å²) in [4.78, 5) is 27.2. The lowest BCUT2D eigenvalue weighted by molar-refractivity contribution is -0.128. The number of nitrogens with one attached hydrogen (secondary N) is 1. The van der Waals surface area contributed by atoms with Crippen LogP contribution in [-0.2, 0) is 25.8 Å². The average molecular weight is 565 g/mol. The van der Waals surface area contributed by atoms with E-state index in [-0.39, 0.29) is 28.5 Å². The lowest BCUT2D eigenvalue weighted by Crippen LogP contribution is -2.54.